The molecule has 1 N–H and O–H groups in total. The van der Waals surface area contributed by atoms with Crippen molar-refractivity contribution >= 4 is 21.4 Å². The van der Waals surface area contributed by atoms with Gasteiger partial charge in [0, 0.05) is 24.5 Å². The number of sulfonamides is 1. The molecule has 1 aromatic rings. The van der Waals surface area contributed by atoms with Crippen molar-refractivity contribution in [2.24, 2.45) is 5.92 Å². The molecule has 0 spiro atoms. The maximum atomic E-state index is 12.6. The summed E-state index contributed by atoms with van der Waals surface area (Å²) in [6.45, 7) is 11.6. The first-order valence-corrected chi connectivity index (χ1v) is 9.25. The zero-order valence-corrected chi connectivity index (χ0v) is 14.9. The molecule has 1 atom stereocenters. The molecule has 1 unspecified atom stereocenters. The fourth-order valence-corrected chi connectivity index (χ4v) is 5.05. The van der Waals surface area contributed by atoms with Crippen LogP contribution in [-0.4, -0.2) is 32.4 Å². The molecule has 0 fully saturated rings. The van der Waals surface area contributed by atoms with Crippen LogP contribution >= 0.6 is 11.3 Å². The Morgan fingerprint density at radius 3 is 2.45 bits per heavy atom. The number of nitrogens with zero attached hydrogens (tertiary/aromatic N) is 1. The minimum Gasteiger partial charge on any atom is -0.312 e. The van der Waals surface area contributed by atoms with E-state index in [9.17, 15) is 8.42 Å². The van der Waals surface area contributed by atoms with Crippen molar-refractivity contribution in [3.05, 3.63) is 16.5 Å². The van der Waals surface area contributed by atoms with E-state index in [2.05, 4.69) is 5.32 Å². The van der Waals surface area contributed by atoms with Crippen molar-refractivity contribution in [2.75, 3.05) is 13.6 Å². The van der Waals surface area contributed by atoms with Crippen LogP contribution in [0.1, 0.15) is 38.1 Å². The van der Waals surface area contributed by atoms with Crippen LogP contribution in [0, 0.1) is 12.8 Å². The average molecular weight is 319 g/mol. The Labute approximate surface area is 127 Å². The van der Waals surface area contributed by atoms with E-state index in [0.29, 0.717) is 4.21 Å². The molecule has 1 rings (SSSR count). The van der Waals surface area contributed by atoms with Gasteiger partial charge in [-0.25, -0.2) is 8.42 Å². The highest BCUT2D eigenvalue weighted by Gasteiger charge is 2.29. The molecule has 0 saturated carbocycles. The van der Waals surface area contributed by atoms with E-state index in [1.165, 1.54) is 15.6 Å². The summed E-state index contributed by atoms with van der Waals surface area (Å²) in [5.41, 5.74) is 1.04. The van der Waals surface area contributed by atoms with E-state index in [1.807, 2.05) is 34.6 Å². The Bertz CT molecular complexity index is 535. The lowest BCUT2D eigenvalue weighted by atomic mass is 10.1. The number of hydrogen-bond donors (Lipinski definition) is 1. The van der Waals surface area contributed by atoms with Gasteiger partial charge in [-0.1, -0.05) is 20.8 Å². The quantitative estimate of drug-likeness (QED) is 0.841. The minimum absolute atomic E-state index is 0.0142. The van der Waals surface area contributed by atoms with Gasteiger partial charge < -0.3 is 5.32 Å². The van der Waals surface area contributed by atoms with Crippen molar-refractivity contribution < 1.29 is 8.42 Å². The van der Waals surface area contributed by atoms with E-state index in [-0.39, 0.29) is 12.0 Å². The highest BCUT2D eigenvalue weighted by molar-refractivity contribution is 7.91. The number of nitrogens with one attached hydrogen (secondary N) is 1. The van der Waals surface area contributed by atoms with Crippen LogP contribution in [0.5, 0.6) is 0 Å². The maximum Gasteiger partial charge on any atom is 0.252 e. The topological polar surface area (TPSA) is 49.4 Å². The minimum atomic E-state index is -3.39. The molecule has 6 heteroatoms. The highest BCUT2D eigenvalue weighted by atomic mass is 32.2. The third-order valence-corrected chi connectivity index (χ3v) is 7.34. The van der Waals surface area contributed by atoms with Gasteiger partial charge in [0.05, 0.1) is 0 Å². The number of hydrogen-bond acceptors (Lipinski definition) is 4. The Morgan fingerprint density at radius 1 is 1.35 bits per heavy atom. The average Bonchev–Trinajstić information content (AvgIpc) is 2.76. The van der Waals surface area contributed by atoms with Crippen LogP contribution < -0.4 is 5.32 Å². The Morgan fingerprint density at radius 2 is 1.95 bits per heavy atom. The monoisotopic (exact) mass is 318 g/mol. The van der Waals surface area contributed by atoms with E-state index in [1.54, 1.807) is 13.1 Å². The van der Waals surface area contributed by atoms with Gasteiger partial charge in [-0.05, 0) is 37.9 Å². The molecule has 1 aromatic heterocycles. The zero-order valence-electron chi connectivity index (χ0n) is 13.2. The third-order valence-electron chi connectivity index (χ3n) is 3.71. The van der Waals surface area contributed by atoms with Gasteiger partial charge in [0.15, 0.2) is 0 Å². The first-order chi connectivity index (χ1) is 9.21. The fraction of sp³-hybridized carbons (Fsp3) is 0.714. The first-order valence-electron chi connectivity index (χ1n) is 6.99. The number of aryl methyl sites for hydroxylation is 1. The Kier molecular flexibility index (Phi) is 6.19. The standard InChI is InChI=1S/C14H26N2O2S2/c1-7-15-9-13-11(4)8-14(19-13)20(17,18)16(6)12(5)10(2)3/h8,10,12,15H,7,9H2,1-6H3. The lowest BCUT2D eigenvalue weighted by Gasteiger charge is -2.26. The predicted octanol–water partition coefficient (Wildman–Crippen LogP) is 2.83. The van der Waals surface area contributed by atoms with Gasteiger partial charge in [0.2, 0.25) is 0 Å². The largest absolute Gasteiger partial charge is 0.312 e. The second-order valence-corrected chi connectivity index (χ2v) is 8.82. The molecule has 0 aromatic carbocycles. The van der Waals surface area contributed by atoms with E-state index < -0.39 is 10.0 Å². The summed E-state index contributed by atoms with van der Waals surface area (Å²) in [6.07, 6.45) is 0. The summed E-state index contributed by atoms with van der Waals surface area (Å²) < 4.78 is 27.2. The summed E-state index contributed by atoms with van der Waals surface area (Å²) in [6, 6.07) is 1.77. The zero-order chi connectivity index (χ0) is 15.5. The van der Waals surface area contributed by atoms with Crippen LogP contribution in [0.15, 0.2) is 10.3 Å². The molecular formula is C14H26N2O2S2. The molecule has 0 bridgehead atoms. The molecule has 116 valence electrons. The van der Waals surface area contributed by atoms with E-state index in [0.717, 1.165) is 23.5 Å². The molecule has 20 heavy (non-hydrogen) atoms. The molecule has 0 amide bonds. The van der Waals surface area contributed by atoms with Gasteiger partial charge in [-0.2, -0.15) is 4.31 Å². The maximum absolute atomic E-state index is 12.6. The molecule has 0 aliphatic rings. The van der Waals surface area contributed by atoms with Gasteiger partial charge in [-0.15, -0.1) is 11.3 Å². The molecule has 0 aliphatic carbocycles. The third kappa shape index (κ3) is 3.81. The summed E-state index contributed by atoms with van der Waals surface area (Å²) >= 11 is 1.37. The van der Waals surface area contributed by atoms with Crippen LogP contribution in [0.4, 0.5) is 0 Å². The lowest BCUT2D eigenvalue weighted by molar-refractivity contribution is 0.316. The Balaban J connectivity index is 3.04. The van der Waals surface area contributed by atoms with Crippen molar-refractivity contribution in [1.82, 2.24) is 9.62 Å². The number of thiophene rings is 1. The van der Waals surface area contributed by atoms with Crippen LogP contribution in [0.3, 0.4) is 0 Å². The molecule has 0 aliphatic heterocycles. The fourth-order valence-electron chi connectivity index (χ4n) is 1.81. The molecule has 4 nitrogen and oxygen atoms in total. The number of rotatable bonds is 7. The molecule has 1 heterocycles. The van der Waals surface area contributed by atoms with Gasteiger partial charge >= 0.3 is 0 Å². The molecule has 0 radical (unpaired) electrons. The van der Waals surface area contributed by atoms with Crippen molar-refractivity contribution in [1.29, 1.82) is 0 Å². The van der Waals surface area contributed by atoms with Crippen LogP contribution in [0.25, 0.3) is 0 Å². The molecule has 0 saturated heterocycles. The summed E-state index contributed by atoms with van der Waals surface area (Å²) in [5.74, 6) is 0.289. The van der Waals surface area contributed by atoms with Crippen LogP contribution in [0.2, 0.25) is 0 Å². The highest BCUT2D eigenvalue weighted by Crippen LogP contribution is 2.29. The smallest absolute Gasteiger partial charge is 0.252 e. The van der Waals surface area contributed by atoms with Gasteiger partial charge in [0.25, 0.3) is 10.0 Å². The Hall–Kier alpha value is -0.430. The first kappa shape index (κ1) is 17.6. The SMILES string of the molecule is CCNCc1sc(S(=O)(=O)N(C)C(C)C(C)C)cc1C. The second kappa shape index (κ2) is 7.02. The van der Waals surface area contributed by atoms with Crippen molar-refractivity contribution in [3.63, 3.8) is 0 Å². The van der Waals surface area contributed by atoms with Crippen molar-refractivity contribution in [3.8, 4) is 0 Å². The van der Waals surface area contributed by atoms with Crippen LogP contribution in [-0.2, 0) is 16.6 Å². The second-order valence-electron chi connectivity index (χ2n) is 5.46. The van der Waals surface area contributed by atoms with E-state index >= 15 is 0 Å². The summed E-state index contributed by atoms with van der Waals surface area (Å²) in [4.78, 5) is 1.09. The predicted molar refractivity (Wildman–Crippen MR) is 85.7 cm³/mol. The van der Waals surface area contributed by atoms with E-state index in [4.69, 9.17) is 0 Å². The van der Waals surface area contributed by atoms with Crippen molar-refractivity contribution in [2.45, 2.75) is 51.4 Å². The lowest BCUT2D eigenvalue weighted by Crippen LogP contribution is -2.37. The summed E-state index contributed by atoms with van der Waals surface area (Å²) in [7, 11) is -1.72. The van der Waals surface area contributed by atoms with Gasteiger partial charge in [0.1, 0.15) is 4.21 Å². The molecular weight excluding hydrogens is 292 g/mol. The normalized spacial score (nSPS) is 14.2. The summed E-state index contributed by atoms with van der Waals surface area (Å²) in [5, 5.41) is 3.24. The van der Waals surface area contributed by atoms with Gasteiger partial charge in [-0.3, -0.25) is 0 Å².